The number of likely N-dealkylation sites (N-methyl/N-ethyl adjacent to an activating group) is 1. The second-order valence-corrected chi connectivity index (χ2v) is 11.7. The molecular weight excluding hydrogens is 510 g/mol. The lowest BCUT2D eigenvalue weighted by atomic mass is 10.0. The highest BCUT2D eigenvalue weighted by molar-refractivity contribution is 7.92. The van der Waals surface area contributed by atoms with Crippen molar-refractivity contribution in [2.45, 2.75) is 52.6 Å². The fraction of sp³-hybridized carbons (Fsp3) is 0.355. The minimum absolute atomic E-state index is 0.106. The SMILES string of the molecule is CCNC(=O)[C@@H](Cc1ccccc1)N(Cc1ccccc1)C(=O)CCCN(c1cc(C)ccc1C)S(C)(=O)=O. The lowest BCUT2D eigenvalue weighted by Gasteiger charge is -2.32. The lowest BCUT2D eigenvalue weighted by molar-refractivity contribution is -0.141. The van der Waals surface area contributed by atoms with E-state index in [0.29, 0.717) is 25.1 Å². The summed E-state index contributed by atoms with van der Waals surface area (Å²) < 4.78 is 26.8. The predicted molar refractivity (Wildman–Crippen MR) is 157 cm³/mol. The van der Waals surface area contributed by atoms with Crippen LogP contribution in [0.15, 0.2) is 78.9 Å². The molecule has 3 rings (SSSR count). The van der Waals surface area contributed by atoms with Gasteiger partial charge in [0.25, 0.3) is 0 Å². The smallest absolute Gasteiger partial charge is 0.243 e. The van der Waals surface area contributed by atoms with E-state index in [4.69, 9.17) is 0 Å². The summed E-state index contributed by atoms with van der Waals surface area (Å²) in [6, 6.07) is 24.2. The van der Waals surface area contributed by atoms with E-state index in [-0.39, 0.29) is 31.3 Å². The Bertz CT molecular complexity index is 1340. The fourth-order valence-electron chi connectivity index (χ4n) is 4.60. The van der Waals surface area contributed by atoms with Crippen LogP contribution in [0.2, 0.25) is 0 Å². The zero-order valence-electron chi connectivity index (χ0n) is 23.3. The molecule has 2 amide bonds. The van der Waals surface area contributed by atoms with Gasteiger partial charge in [0, 0.05) is 32.5 Å². The van der Waals surface area contributed by atoms with Crippen molar-refractivity contribution >= 4 is 27.5 Å². The summed E-state index contributed by atoms with van der Waals surface area (Å²) in [5.41, 5.74) is 4.30. The van der Waals surface area contributed by atoms with Crippen molar-refractivity contribution in [3.63, 3.8) is 0 Å². The number of rotatable bonds is 13. The van der Waals surface area contributed by atoms with E-state index in [2.05, 4.69) is 5.32 Å². The average Bonchev–Trinajstić information content (AvgIpc) is 2.90. The van der Waals surface area contributed by atoms with E-state index < -0.39 is 16.1 Å². The van der Waals surface area contributed by atoms with E-state index in [1.165, 1.54) is 10.6 Å². The molecular formula is C31H39N3O4S. The average molecular weight is 550 g/mol. The molecule has 3 aromatic carbocycles. The number of hydrogen-bond donors (Lipinski definition) is 1. The van der Waals surface area contributed by atoms with Crippen molar-refractivity contribution in [1.29, 1.82) is 0 Å². The van der Waals surface area contributed by atoms with E-state index in [9.17, 15) is 18.0 Å². The Balaban J connectivity index is 1.86. The van der Waals surface area contributed by atoms with E-state index in [0.717, 1.165) is 22.3 Å². The molecule has 0 fully saturated rings. The highest BCUT2D eigenvalue weighted by Crippen LogP contribution is 2.25. The third-order valence-corrected chi connectivity index (χ3v) is 7.78. The van der Waals surface area contributed by atoms with Crippen LogP contribution in [0, 0.1) is 13.8 Å². The van der Waals surface area contributed by atoms with Gasteiger partial charge < -0.3 is 10.2 Å². The molecule has 0 heterocycles. The first-order valence-corrected chi connectivity index (χ1v) is 15.1. The zero-order valence-corrected chi connectivity index (χ0v) is 24.1. The normalized spacial score (nSPS) is 12.0. The molecule has 0 spiro atoms. The number of sulfonamides is 1. The van der Waals surface area contributed by atoms with Crippen LogP contribution in [0.3, 0.4) is 0 Å². The first-order valence-electron chi connectivity index (χ1n) is 13.3. The standard InChI is InChI=1S/C31H39N3O4S/c1-5-32-31(36)29(22-26-13-8-6-9-14-26)33(23-27-15-10-7-11-16-27)30(35)17-12-20-34(39(4,37)38)28-21-24(2)18-19-25(28)3/h6-11,13-16,18-19,21,29H,5,12,17,20,22-23H2,1-4H3,(H,32,36)/t29-/m1/s1. The van der Waals surface area contributed by atoms with Gasteiger partial charge in [0.05, 0.1) is 11.9 Å². The number of hydrogen-bond acceptors (Lipinski definition) is 4. The van der Waals surface area contributed by atoms with Gasteiger partial charge in [0.15, 0.2) is 0 Å². The third kappa shape index (κ3) is 8.68. The van der Waals surface area contributed by atoms with Crippen LogP contribution in [0.1, 0.15) is 42.0 Å². The number of carbonyl (C=O) groups excluding carboxylic acids is 2. The number of aryl methyl sites for hydroxylation is 2. The highest BCUT2D eigenvalue weighted by Gasteiger charge is 2.30. The van der Waals surface area contributed by atoms with Gasteiger partial charge in [-0.25, -0.2) is 8.42 Å². The highest BCUT2D eigenvalue weighted by atomic mass is 32.2. The van der Waals surface area contributed by atoms with Gasteiger partial charge in [-0.2, -0.15) is 0 Å². The van der Waals surface area contributed by atoms with Crippen molar-refractivity contribution in [1.82, 2.24) is 10.2 Å². The molecule has 0 unspecified atom stereocenters. The molecule has 39 heavy (non-hydrogen) atoms. The molecule has 0 aliphatic heterocycles. The Kier molecular flexibility index (Phi) is 10.7. The quantitative estimate of drug-likeness (QED) is 0.337. The summed E-state index contributed by atoms with van der Waals surface area (Å²) in [6.45, 7) is 6.55. The van der Waals surface area contributed by atoms with Crippen LogP contribution >= 0.6 is 0 Å². The molecule has 0 saturated heterocycles. The first-order chi connectivity index (χ1) is 18.6. The van der Waals surface area contributed by atoms with Gasteiger partial charge in [-0.3, -0.25) is 13.9 Å². The number of benzene rings is 3. The molecule has 8 heteroatoms. The molecule has 0 bridgehead atoms. The van der Waals surface area contributed by atoms with Crippen LogP contribution in [-0.4, -0.2) is 50.5 Å². The Morgan fingerprint density at radius 2 is 1.51 bits per heavy atom. The topological polar surface area (TPSA) is 86.8 Å². The maximum atomic E-state index is 13.8. The van der Waals surface area contributed by atoms with Crippen LogP contribution in [0.25, 0.3) is 0 Å². The van der Waals surface area contributed by atoms with Gasteiger partial charge in [-0.15, -0.1) is 0 Å². The number of nitrogens with one attached hydrogen (secondary N) is 1. The summed E-state index contributed by atoms with van der Waals surface area (Å²) in [6.07, 6.45) is 1.99. The number of anilines is 1. The van der Waals surface area contributed by atoms with Crippen molar-refractivity contribution < 1.29 is 18.0 Å². The van der Waals surface area contributed by atoms with Crippen molar-refractivity contribution in [2.24, 2.45) is 0 Å². The molecule has 1 N–H and O–H groups in total. The molecule has 0 radical (unpaired) electrons. The fourth-order valence-corrected chi connectivity index (χ4v) is 5.61. The summed E-state index contributed by atoms with van der Waals surface area (Å²) in [7, 11) is -3.56. The Morgan fingerprint density at radius 1 is 0.897 bits per heavy atom. The predicted octanol–water partition coefficient (Wildman–Crippen LogP) is 4.63. The second-order valence-electron chi connectivity index (χ2n) is 9.84. The minimum Gasteiger partial charge on any atom is -0.355 e. The summed E-state index contributed by atoms with van der Waals surface area (Å²) >= 11 is 0. The van der Waals surface area contributed by atoms with Gasteiger partial charge in [-0.1, -0.05) is 72.8 Å². The summed E-state index contributed by atoms with van der Waals surface area (Å²) in [5.74, 6) is -0.403. The number of carbonyl (C=O) groups is 2. The second kappa shape index (κ2) is 13.9. The molecule has 0 aliphatic carbocycles. The van der Waals surface area contributed by atoms with Crippen molar-refractivity contribution in [3.05, 3.63) is 101 Å². The molecule has 0 saturated carbocycles. The monoisotopic (exact) mass is 549 g/mol. The van der Waals surface area contributed by atoms with Crippen molar-refractivity contribution in [2.75, 3.05) is 23.7 Å². The summed E-state index contributed by atoms with van der Waals surface area (Å²) in [5, 5.41) is 2.89. The third-order valence-electron chi connectivity index (χ3n) is 6.60. The van der Waals surface area contributed by atoms with Gasteiger partial charge in [0.2, 0.25) is 21.8 Å². The lowest BCUT2D eigenvalue weighted by Crippen LogP contribution is -2.50. The van der Waals surface area contributed by atoms with E-state index >= 15 is 0 Å². The van der Waals surface area contributed by atoms with Crippen LogP contribution < -0.4 is 9.62 Å². The molecule has 208 valence electrons. The Hall–Kier alpha value is -3.65. The van der Waals surface area contributed by atoms with Crippen LogP contribution in [0.4, 0.5) is 5.69 Å². The molecule has 0 aromatic heterocycles. The largest absolute Gasteiger partial charge is 0.355 e. The Labute approximate surface area is 232 Å². The molecule has 3 aromatic rings. The van der Waals surface area contributed by atoms with E-state index in [1.807, 2.05) is 99.6 Å². The maximum absolute atomic E-state index is 13.8. The van der Waals surface area contributed by atoms with E-state index in [1.54, 1.807) is 4.90 Å². The number of nitrogens with zero attached hydrogens (tertiary/aromatic N) is 2. The molecule has 1 atom stereocenters. The van der Waals surface area contributed by atoms with Crippen molar-refractivity contribution in [3.8, 4) is 0 Å². The Morgan fingerprint density at radius 3 is 2.10 bits per heavy atom. The minimum atomic E-state index is -3.56. The molecule has 0 aliphatic rings. The first kappa shape index (κ1) is 29.9. The van der Waals surface area contributed by atoms with Gasteiger partial charge >= 0.3 is 0 Å². The summed E-state index contributed by atoms with van der Waals surface area (Å²) in [4.78, 5) is 28.6. The van der Waals surface area contributed by atoms with Crippen LogP contribution in [0.5, 0.6) is 0 Å². The maximum Gasteiger partial charge on any atom is 0.243 e. The zero-order chi connectivity index (χ0) is 28.4. The van der Waals surface area contributed by atoms with Gasteiger partial charge in [0.1, 0.15) is 6.04 Å². The molecule has 7 nitrogen and oxygen atoms in total. The number of amides is 2. The van der Waals surface area contributed by atoms with Gasteiger partial charge in [-0.05, 0) is 55.5 Å². The van der Waals surface area contributed by atoms with Crippen LogP contribution in [-0.2, 0) is 32.6 Å².